The smallest absolute Gasteiger partial charge is 0.148 e. The average molecular weight is 397 g/mol. The van der Waals surface area contributed by atoms with Crippen LogP contribution in [0.15, 0.2) is 104 Å². The van der Waals surface area contributed by atoms with Crippen LogP contribution in [0.25, 0.3) is 22.2 Å². The standard InChI is InChI=1S/C24H20FN5/c1-17(12-15-29(26)20-9-10-22-19(16-20)6-5-13-27-22)18(2)23-11-14-28-30(23)24-8-4-3-7-21(24)25/h3-16H,1-2,26H2/b15-12-. The van der Waals surface area contributed by atoms with E-state index in [2.05, 4.69) is 23.2 Å². The summed E-state index contributed by atoms with van der Waals surface area (Å²) in [6, 6.07) is 17.8. The number of aromatic nitrogens is 3. The van der Waals surface area contributed by atoms with Crippen molar-refractivity contribution in [3.05, 3.63) is 116 Å². The Morgan fingerprint density at radius 1 is 1.03 bits per heavy atom. The first-order valence-electron chi connectivity index (χ1n) is 9.29. The molecule has 30 heavy (non-hydrogen) atoms. The second-order valence-electron chi connectivity index (χ2n) is 6.69. The van der Waals surface area contributed by atoms with Crippen LogP contribution in [0.3, 0.4) is 0 Å². The zero-order valence-corrected chi connectivity index (χ0v) is 16.2. The second kappa shape index (κ2) is 8.14. The molecule has 0 bridgehead atoms. The summed E-state index contributed by atoms with van der Waals surface area (Å²) in [6.45, 7) is 8.17. The molecule has 2 aromatic heterocycles. The Labute approximate surface area is 173 Å². The van der Waals surface area contributed by atoms with Gasteiger partial charge in [-0.15, -0.1) is 0 Å². The summed E-state index contributed by atoms with van der Waals surface area (Å²) in [6.07, 6.45) is 6.81. The highest BCUT2D eigenvalue weighted by atomic mass is 19.1. The summed E-state index contributed by atoms with van der Waals surface area (Å²) in [7, 11) is 0. The third-order valence-corrected chi connectivity index (χ3v) is 4.74. The highest BCUT2D eigenvalue weighted by Crippen LogP contribution is 2.25. The molecule has 0 saturated carbocycles. The number of anilines is 1. The number of nitrogens with zero attached hydrogens (tertiary/aromatic N) is 4. The van der Waals surface area contributed by atoms with Gasteiger partial charge in [-0.3, -0.25) is 9.99 Å². The molecule has 2 N–H and O–H groups in total. The van der Waals surface area contributed by atoms with Gasteiger partial charge in [-0.25, -0.2) is 14.9 Å². The van der Waals surface area contributed by atoms with Gasteiger partial charge in [0.2, 0.25) is 0 Å². The summed E-state index contributed by atoms with van der Waals surface area (Å²) in [5.41, 5.74) is 3.95. The Bertz CT molecular complexity index is 1270. The lowest BCUT2D eigenvalue weighted by Gasteiger charge is -2.15. The molecule has 0 saturated heterocycles. The minimum absolute atomic E-state index is 0.348. The van der Waals surface area contributed by atoms with Crippen LogP contribution >= 0.6 is 0 Å². The molecular weight excluding hydrogens is 377 g/mol. The molecule has 6 heteroatoms. The minimum atomic E-state index is -0.365. The number of para-hydroxylation sites is 1. The van der Waals surface area contributed by atoms with Crippen molar-refractivity contribution in [2.24, 2.45) is 5.84 Å². The monoisotopic (exact) mass is 397 g/mol. The van der Waals surface area contributed by atoms with E-state index >= 15 is 0 Å². The van der Waals surface area contributed by atoms with E-state index in [9.17, 15) is 4.39 Å². The van der Waals surface area contributed by atoms with Crippen molar-refractivity contribution in [3.8, 4) is 5.69 Å². The zero-order valence-electron chi connectivity index (χ0n) is 16.2. The number of nitrogens with two attached hydrogens (primary N) is 1. The topological polar surface area (TPSA) is 60.0 Å². The van der Waals surface area contributed by atoms with Crippen LogP contribution in [0.1, 0.15) is 5.69 Å². The molecule has 0 radical (unpaired) electrons. The van der Waals surface area contributed by atoms with Crippen molar-refractivity contribution >= 4 is 22.2 Å². The number of allylic oxidation sites excluding steroid dienone is 3. The maximum Gasteiger partial charge on any atom is 0.148 e. The summed E-state index contributed by atoms with van der Waals surface area (Å²) in [5.74, 6) is 5.82. The summed E-state index contributed by atoms with van der Waals surface area (Å²) >= 11 is 0. The summed E-state index contributed by atoms with van der Waals surface area (Å²) in [4.78, 5) is 4.31. The SMILES string of the molecule is C=C(/C=C\N(N)c1ccc2ncccc2c1)C(=C)c1ccnn1-c1ccccc1F. The van der Waals surface area contributed by atoms with Crippen LogP contribution in [-0.4, -0.2) is 14.8 Å². The highest BCUT2D eigenvalue weighted by Gasteiger charge is 2.12. The number of pyridine rings is 1. The van der Waals surface area contributed by atoms with Gasteiger partial charge >= 0.3 is 0 Å². The van der Waals surface area contributed by atoms with Gasteiger partial charge in [0.05, 0.1) is 23.1 Å². The van der Waals surface area contributed by atoms with Gasteiger partial charge < -0.3 is 0 Å². The average Bonchev–Trinajstić information content (AvgIpc) is 3.26. The Hall–Kier alpha value is -4.03. The van der Waals surface area contributed by atoms with Gasteiger partial charge in [0.15, 0.2) is 0 Å². The molecule has 0 aliphatic rings. The van der Waals surface area contributed by atoms with E-state index in [1.165, 1.54) is 15.8 Å². The lowest BCUT2D eigenvalue weighted by molar-refractivity contribution is 0.610. The van der Waals surface area contributed by atoms with Crippen LogP contribution in [-0.2, 0) is 0 Å². The number of halogens is 1. The fourth-order valence-electron chi connectivity index (χ4n) is 3.09. The quantitative estimate of drug-likeness (QED) is 0.282. The van der Waals surface area contributed by atoms with Gasteiger partial charge in [-0.05, 0) is 59.7 Å². The first kappa shape index (κ1) is 19.3. The van der Waals surface area contributed by atoms with Gasteiger partial charge in [0, 0.05) is 17.8 Å². The van der Waals surface area contributed by atoms with Gasteiger partial charge in [-0.1, -0.05) is 31.4 Å². The fourth-order valence-corrected chi connectivity index (χ4v) is 3.09. The van der Waals surface area contributed by atoms with Crippen LogP contribution < -0.4 is 10.9 Å². The van der Waals surface area contributed by atoms with Gasteiger partial charge in [-0.2, -0.15) is 5.10 Å². The molecule has 4 rings (SSSR count). The van der Waals surface area contributed by atoms with Crippen molar-refractivity contribution in [1.82, 2.24) is 14.8 Å². The predicted octanol–water partition coefficient (Wildman–Crippen LogP) is 5.02. The van der Waals surface area contributed by atoms with Crippen molar-refractivity contribution in [2.45, 2.75) is 0 Å². The third kappa shape index (κ3) is 3.76. The maximum atomic E-state index is 14.2. The molecule has 0 fully saturated rings. The predicted molar refractivity (Wildman–Crippen MR) is 119 cm³/mol. The number of benzene rings is 2. The number of hydrogen-bond acceptors (Lipinski definition) is 4. The number of hydrogen-bond donors (Lipinski definition) is 1. The molecule has 0 atom stereocenters. The molecule has 5 nitrogen and oxygen atoms in total. The highest BCUT2D eigenvalue weighted by molar-refractivity contribution is 5.83. The molecule has 2 aromatic carbocycles. The van der Waals surface area contributed by atoms with Crippen molar-refractivity contribution < 1.29 is 4.39 Å². The van der Waals surface area contributed by atoms with E-state index in [4.69, 9.17) is 5.84 Å². The van der Waals surface area contributed by atoms with E-state index in [-0.39, 0.29) is 5.82 Å². The number of fused-ring (bicyclic) bond motifs is 1. The molecule has 0 aliphatic heterocycles. The van der Waals surface area contributed by atoms with E-state index in [1.54, 1.807) is 48.9 Å². The van der Waals surface area contributed by atoms with Crippen LogP contribution in [0.2, 0.25) is 0 Å². The van der Waals surface area contributed by atoms with Crippen LogP contribution in [0.4, 0.5) is 10.1 Å². The Morgan fingerprint density at radius 2 is 1.87 bits per heavy atom. The Balaban J connectivity index is 1.54. The fraction of sp³-hybridized carbons (Fsp3) is 0. The molecular formula is C24H20FN5. The number of hydrazine groups is 1. The molecule has 0 aliphatic carbocycles. The zero-order chi connectivity index (χ0) is 21.1. The second-order valence-corrected chi connectivity index (χ2v) is 6.69. The molecule has 2 heterocycles. The summed E-state index contributed by atoms with van der Waals surface area (Å²) < 4.78 is 15.7. The van der Waals surface area contributed by atoms with Crippen LogP contribution in [0.5, 0.6) is 0 Å². The molecule has 0 spiro atoms. The van der Waals surface area contributed by atoms with E-state index in [1.807, 2.05) is 30.3 Å². The van der Waals surface area contributed by atoms with E-state index < -0.39 is 0 Å². The first-order valence-corrected chi connectivity index (χ1v) is 9.29. The minimum Gasteiger partial charge on any atom is -0.287 e. The lowest BCUT2D eigenvalue weighted by atomic mass is 10.1. The maximum absolute atomic E-state index is 14.2. The molecule has 148 valence electrons. The van der Waals surface area contributed by atoms with Crippen molar-refractivity contribution in [3.63, 3.8) is 0 Å². The van der Waals surface area contributed by atoms with E-state index in [0.717, 1.165) is 16.6 Å². The van der Waals surface area contributed by atoms with E-state index in [0.29, 0.717) is 22.5 Å². The Kier molecular flexibility index (Phi) is 5.24. The lowest BCUT2D eigenvalue weighted by Crippen LogP contribution is -2.23. The third-order valence-electron chi connectivity index (χ3n) is 4.74. The van der Waals surface area contributed by atoms with Crippen molar-refractivity contribution in [1.29, 1.82) is 0 Å². The first-order chi connectivity index (χ1) is 14.5. The largest absolute Gasteiger partial charge is 0.287 e. The molecule has 0 amide bonds. The van der Waals surface area contributed by atoms with Crippen LogP contribution in [0, 0.1) is 5.82 Å². The Morgan fingerprint density at radius 3 is 2.70 bits per heavy atom. The van der Waals surface area contributed by atoms with Gasteiger partial charge in [0.25, 0.3) is 0 Å². The normalized spacial score (nSPS) is 11.1. The summed E-state index contributed by atoms with van der Waals surface area (Å²) in [5, 5.41) is 6.73. The molecule has 4 aromatic rings. The van der Waals surface area contributed by atoms with Crippen molar-refractivity contribution in [2.75, 3.05) is 5.01 Å². The number of rotatable bonds is 6. The molecule has 0 unspecified atom stereocenters. The van der Waals surface area contributed by atoms with Gasteiger partial charge in [0.1, 0.15) is 11.5 Å².